The van der Waals surface area contributed by atoms with Crippen LogP contribution in [0, 0.1) is 24.2 Å². The summed E-state index contributed by atoms with van der Waals surface area (Å²) in [7, 11) is 0. The van der Waals surface area contributed by atoms with Gasteiger partial charge in [-0.3, -0.25) is 4.79 Å². The molecule has 1 aromatic carbocycles. The number of nitrogens with one attached hydrogen (secondary N) is 1. The van der Waals surface area contributed by atoms with E-state index in [1.54, 1.807) is 18.2 Å². The minimum absolute atomic E-state index is 0.0172. The second kappa shape index (κ2) is 6.54. The van der Waals surface area contributed by atoms with Gasteiger partial charge in [-0.05, 0) is 49.1 Å². The number of benzene rings is 1. The fraction of sp³-hybridized carbons (Fsp3) is 0.263. The van der Waals surface area contributed by atoms with E-state index in [9.17, 15) is 10.1 Å². The van der Waals surface area contributed by atoms with Gasteiger partial charge in [0.1, 0.15) is 23.2 Å². The molecule has 0 aliphatic heterocycles. The Morgan fingerprint density at radius 1 is 1.42 bits per heavy atom. The highest BCUT2D eigenvalue weighted by Crippen LogP contribution is 2.47. The molecule has 3 rings (SSSR count). The molecule has 1 fully saturated rings. The van der Waals surface area contributed by atoms with Crippen molar-refractivity contribution in [1.29, 1.82) is 5.26 Å². The lowest BCUT2D eigenvalue weighted by Crippen LogP contribution is -2.13. The quantitative estimate of drug-likeness (QED) is 0.635. The SMILES string of the molecule is Cc1ccc(NC(=O)C(C#N)=Cc2ccc(C3CC3C)o2)cc1Cl. The third-order valence-corrected chi connectivity index (χ3v) is 4.61. The maximum absolute atomic E-state index is 12.3. The first-order chi connectivity index (χ1) is 11.5. The molecule has 1 aliphatic carbocycles. The summed E-state index contributed by atoms with van der Waals surface area (Å²) in [6, 6.07) is 10.8. The van der Waals surface area contributed by atoms with E-state index in [2.05, 4.69) is 12.2 Å². The molecule has 0 radical (unpaired) electrons. The fourth-order valence-corrected chi connectivity index (χ4v) is 2.70. The van der Waals surface area contributed by atoms with Crippen LogP contribution in [0.4, 0.5) is 5.69 Å². The zero-order valence-electron chi connectivity index (χ0n) is 13.5. The summed E-state index contributed by atoms with van der Waals surface area (Å²) < 4.78 is 5.72. The van der Waals surface area contributed by atoms with E-state index in [-0.39, 0.29) is 5.57 Å². The number of nitrogens with zero attached hydrogens (tertiary/aromatic N) is 1. The Hall–Kier alpha value is -2.51. The molecule has 2 atom stereocenters. The van der Waals surface area contributed by atoms with Crippen molar-refractivity contribution >= 4 is 29.3 Å². The molecule has 1 aliphatic rings. The monoisotopic (exact) mass is 340 g/mol. The van der Waals surface area contributed by atoms with Crippen molar-refractivity contribution in [2.45, 2.75) is 26.2 Å². The minimum atomic E-state index is -0.491. The van der Waals surface area contributed by atoms with Gasteiger partial charge in [-0.15, -0.1) is 0 Å². The zero-order valence-corrected chi connectivity index (χ0v) is 14.2. The Labute approximate surface area is 145 Å². The van der Waals surface area contributed by atoms with Gasteiger partial charge in [-0.2, -0.15) is 5.26 Å². The number of carbonyl (C=O) groups excluding carboxylic acids is 1. The molecule has 1 saturated carbocycles. The van der Waals surface area contributed by atoms with Crippen LogP contribution in [-0.2, 0) is 4.79 Å². The van der Waals surface area contributed by atoms with Crippen molar-refractivity contribution < 1.29 is 9.21 Å². The van der Waals surface area contributed by atoms with Crippen molar-refractivity contribution in [3.05, 3.63) is 58.0 Å². The summed E-state index contributed by atoms with van der Waals surface area (Å²) in [5.41, 5.74) is 1.45. The van der Waals surface area contributed by atoms with Crippen LogP contribution >= 0.6 is 11.6 Å². The van der Waals surface area contributed by atoms with Crippen molar-refractivity contribution in [2.24, 2.45) is 5.92 Å². The van der Waals surface area contributed by atoms with Crippen LogP contribution in [0.5, 0.6) is 0 Å². The Balaban J connectivity index is 1.75. The average Bonchev–Trinajstić information content (AvgIpc) is 3.09. The number of amides is 1. The van der Waals surface area contributed by atoms with Gasteiger partial charge in [0.05, 0.1) is 0 Å². The summed E-state index contributed by atoms with van der Waals surface area (Å²) in [5.74, 6) is 2.03. The molecule has 24 heavy (non-hydrogen) atoms. The number of nitriles is 1. The molecule has 1 aromatic heterocycles. The number of furan rings is 1. The molecule has 5 heteroatoms. The minimum Gasteiger partial charge on any atom is -0.461 e. The average molecular weight is 341 g/mol. The summed E-state index contributed by atoms with van der Waals surface area (Å²) in [5, 5.41) is 12.5. The van der Waals surface area contributed by atoms with Gasteiger partial charge in [0.15, 0.2) is 0 Å². The first-order valence-electron chi connectivity index (χ1n) is 7.77. The molecule has 0 spiro atoms. The van der Waals surface area contributed by atoms with E-state index in [4.69, 9.17) is 16.0 Å². The number of rotatable bonds is 4. The van der Waals surface area contributed by atoms with Crippen LogP contribution in [0.15, 0.2) is 40.3 Å². The molecule has 1 N–H and O–H groups in total. The molecule has 1 heterocycles. The van der Waals surface area contributed by atoms with Gasteiger partial charge < -0.3 is 9.73 Å². The van der Waals surface area contributed by atoms with E-state index in [0.29, 0.717) is 28.3 Å². The summed E-state index contributed by atoms with van der Waals surface area (Å²) >= 11 is 6.04. The van der Waals surface area contributed by atoms with Crippen LogP contribution in [0.1, 0.15) is 36.3 Å². The lowest BCUT2D eigenvalue weighted by Gasteiger charge is -2.06. The maximum atomic E-state index is 12.3. The van der Waals surface area contributed by atoms with E-state index >= 15 is 0 Å². The number of halogens is 1. The van der Waals surface area contributed by atoms with Crippen molar-refractivity contribution in [3.8, 4) is 6.07 Å². The highest BCUT2D eigenvalue weighted by atomic mass is 35.5. The molecule has 1 amide bonds. The highest BCUT2D eigenvalue weighted by Gasteiger charge is 2.36. The Kier molecular flexibility index (Phi) is 4.46. The summed E-state index contributed by atoms with van der Waals surface area (Å²) in [6.07, 6.45) is 2.58. The summed E-state index contributed by atoms with van der Waals surface area (Å²) in [4.78, 5) is 12.3. The predicted molar refractivity (Wildman–Crippen MR) is 93.6 cm³/mol. The topological polar surface area (TPSA) is 66.0 Å². The number of hydrogen-bond acceptors (Lipinski definition) is 3. The Bertz CT molecular complexity index is 860. The molecule has 2 aromatic rings. The van der Waals surface area contributed by atoms with Crippen LogP contribution < -0.4 is 5.32 Å². The zero-order chi connectivity index (χ0) is 17.3. The van der Waals surface area contributed by atoms with Crippen molar-refractivity contribution in [1.82, 2.24) is 0 Å². The fourth-order valence-electron chi connectivity index (χ4n) is 2.52. The second-order valence-corrected chi connectivity index (χ2v) is 6.55. The predicted octanol–water partition coefficient (Wildman–Crippen LogP) is 4.91. The third-order valence-electron chi connectivity index (χ3n) is 4.20. The standard InChI is InChI=1S/C19H17ClN2O2/c1-11-3-4-14(9-17(11)20)22-19(23)13(10-21)8-15-5-6-18(24-15)16-7-12(16)2/h3-6,8-9,12,16H,7H2,1-2H3,(H,22,23). The van der Waals surface area contributed by atoms with Gasteiger partial charge in [-0.25, -0.2) is 0 Å². The van der Waals surface area contributed by atoms with Gasteiger partial charge in [0.2, 0.25) is 0 Å². The molecular weight excluding hydrogens is 324 g/mol. The van der Waals surface area contributed by atoms with Gasteiger partial charge >= 0.3 is 0 Å². The molecule has 2 unspecified atom stereocenters. The molecule has 0 bridgehead atoms. The van der Waals surface area contributed by atoms with E-state index in [0.717, 1.165) is 17.7 Å². The third kappa shape index (κ3) is 3.52. The van der Waals surface area contributed by atoms with Gasteiger partial charge in [-0.1, -0.05) is 24.6 Å². The smallest absolute Gasteiger partial charge is 0.266 e. The maximum Gasteiger partial charge on any atom is 0.266 e. The van der Waals surface area contributed by atoms with Crippen molar-refractivity contribution in [2.75, 3.05) is 5.32 Å². The number of carbonyl (C=O) groups is 1. The van der Waals surface area contributed by atoms with Crippen LogP contribution in [-0.4, -0.2) is 5.91 Å². The van der Waals surface area contributed by atoms with Gasteiger partial charge in [0.25, 0.3) is 5.91 Å². The first kappa shape index (κ1) is 16.4. The Morgan fingerprint density at radius 2 is 2.17 bits per heavy atom. The number of hydrogen-bond donors (Lipinski definition) is 1. The Morgan fingerprint density at radius 3 is 2.79 bits per heavy atom. The first-order valence-corrected chi connectivity index (χ1v) is 8.14. The second-order valence-electron chi connectivity index (χ2n) is 6.15. The molecule has 122 valence electrons. The largest absolute Gasteiger partial charge is 0.461 e. The molecule has 0 saturated heterocycles. The molecule has 4 nitrogen and oxygen atoms in total. The highest BCUT2D eigenvalue weighted by molar-refractivity contribution is 6.31. The van der Waals surface area contributed by atoms with Crippen LogP contribution in [0.25, 0.3) is 6.08 Å². The van der Waals surface area contributed by atoms with E-state index < -0.39 is 5.91 Å². The lowest BCUT2D eigenvalue weighted by atomic mass is 10.2. The van der Waals surface area contributed by atoms with E-state index in [1.807, 2.05) is 25.1 Å². The number of aryl methyl sites for hydroxylation is 1. The summed E-state index contributed by atoms with van der Waals surface area (Å²) in [6.45, 7) is 4.05. The van der Waals surface area contributed by atoms with E-state index in [1.165, 1.54) is 6.08 Å². The number of anilines is 1. The molecular formula is C19H17ClN2O2. The lowest BCUT2D eigenvalue weighted by molar-refractivity contribution is -0.112. The van der Waals surface area contributed by atoms with Crippen LogP contribution in [0.3, 0.4) is 0 Å². The van der Waals surface area contributed by atoms with Gasteiger partial charge in [0, 0.05) is 22.7 Å². The van der Waals surface area contributed by atoms with Crippen molar-refractivity contribution in [3.63, 3.8) is 0 Å². The normalized spacial score (nSPS) is 19.7. The van der Waals surface area contributed by atoms with Crippen LogP contribution in [0.2, 0.25) is 5.02 Å².